The van der Waals surface area contributed by atoms with Crippen LogP contribution in [0.5, 0.6) is 0 Å². The SMILES string of the molecule is CO/N=C(\C(=O)O)c1nc(N)n(C)n1. The second-order valence-electron chi connectivity index (χ2n) is 2.34. The maximum Gasteiger partial charge on any atom is 0.362 e. The molecule has 0 fully saturated rings. The number of oxime groups is 1. The van der Waals surface area contributed by atoms with E-state index in [0.717, 1.165) is 0 Å². The van der Waals surface area contributed by atoms with Crippen LogP contribution in [0.3, 0.4) is 0 Å². The Hall–Kier alpha value is -2.12. The Morgan fingerprint density at radius 1 is 1.71 bits per heavy atom. The van der Waals surface area contributed by atoms with Gasteiger partial charge < -0.3 is 15.7 Å². The van der Waals surface area contributed by atoms with Crippen LogP contribution in [-0.2, 0) is 16.7 Å². The lowest BCUT2D eigenvalue weighted by atomic mass is 10.4. The van der Waals surface area contributed by atoms with Crippen molar-refractivity contribution >= 4 is 17.6 Å². The predicted molar refractivity (Wildman–Crippen MR) is 46.6 cm³/mol. The van der Waals surface area contributed by atoms with Crippen LogP contribution < -0.4 is 5.73 Å². The van der Waals surface area contributed by atoms with Crippen molar-refractivity contribution in [1.82, 2.24) is 14.8 Å². The summed E-state index contributed by atoms with van der Waals surface area (Å²) < 4.78 is 1.24. The first-order chi connectivity index (χ1) is 6.56. The largest absolute Gasteiger partial charge is 0.476 e. The number of nitrogens with two attached hydrogens (primary N) is 1. The molecule has 0 unspecified atom stereocenters. The first-order valence-corrected chi connectivity index (χ1v) is 3.57. The predicted octanol–water partition coefficient (Wildman–Crippen LogP) is -1.17. The summed E-state index contributed by atoms with van der Waals surface area (Å²) >= 11 is 0. The third-order valence-electron chi connectivity index (χ3n) is 1.39. The summed E-state index contributed by atoms with van der Waals surface area (Å²) in [7, 11) is 2.77. The summed E-state index contributed by atoms with van der Waals surface area (Å²) in [6.45, 7) is 0. The maximum absolute atomic E-state index is 10.7. The van der Waals surface area contributed by atoms with Crippen molar-refractivity contribution in [3.63, 3.8) is 0 Å². The van der Waals surface area contributed by atoms with Crippen molar-refractivity contribution in [1.29, 1.82) is 0 Å². The van der Waals surface area contributed by atoms with E-state index in [1.165, 1.54) is 18.8 Å². The van der Waals surface area contributed by atoms with Gasteiger partial charge in [0.25, 0.3) is 0 Å². The number of aromatic nitrogens is 3. The number of carboxylic acid groups (broad SMARTS) is 1. The molecule has 8 heteroatoms. The summed E-state index contributed by atoms with van der Waals surface area (Å²) in [4.78, 5) is 18.7. The number of carbonyl (C=O) groups is 1. The molecule has 0 atom stereocenters. The third-order valence-corrected chi connectivity index (χ3v) is 1.39. The van der Waals surface area contributed by atoms with Gasteiger partial charge in [-0.05, 0) is 0 Å². The fourth-order valence-electron chi connectivity index (χ4n) is 0.764. The molecule has 14 heavy (non-hydrogen) atoms. The summed E-state index contributed by atoms with van der Waals surface area (Å²) in [5.41, 5.74) is 4.99. The van der Waals surface area contributed by atoms with Gasteiger partial charge in [-0.15, -0.1) is 5.10 Å². The van der Waals surface area contributed by atoms with Gasteiger partial charge >= 0.3 is 5.97 Å². The normalized spacial score (nSPS) is 11.4. The second-order valence-corrected chi connectivity index (χ2v) is 2.34. The number of hydrogen-bond acceptors (Lipinski definition) is 6. The monoisotopic (exact) mass is 199 g/mol. The van der Waals surface area contributed by atoms with Crippen molar-refractivity contribution in [2.75, 3.05) is 12.8 Å². The molecule has 0 saturated heterocycles. The molecule has 1 aromatic heterocycles. The second kappa shape index (κ2) is 3.73. The summed E-state index contributed by atoms with van der Waals surface area (Å²) in [5, 5.41) is 15.7. The Bertz CT molecular complexity index is 363. The fraction of sp³-hybridized carbons (Fsp3) is 0.333. The van der Waals surface area contributed by atoms with Crippen LogP contribution in [0.2, 0.25) is 0 Å². The molecule has 0 amide bonds. The minimum Gasteiger partial charge on any atom is -0.476 e. The number of rotatable bonds is 3. The molecule has 1 rings (SSSR count). The molecule has 1 heterocycles. The molecule has 0 aliphatic carbocycles. The highest BCUT2D eigenvalue weighted by Gasteiger charge is 2.19. The average Bonchev–Trinajstić information content (AvgIpc) is 2.42. The molecule has 8 nitrogen and oxygen atoms in total. The molecule has 0 aromatic carbocycles. The molecule has 0 saturated carbocycles. The van der Waals surface area contributed by atoms with Crippen LogP contribution in [0.1, 0.15) is 5.82 Å². The number of hydrogen-bond donors (Lipinski definition) is 2. The Morgan fingerprint density at radius 3 is 2.71 bits per heavy atom. The average molecular weight is 199 g/mol. The van der Waals surface area contributed by atoms with E-state index in [1.807, 2.05) is 0 Å². The van der Waals surface area contributed by atoms with E-state index in [9.17, 15) is 4.79 Å². The summed E-state index contributed by atoms with van der Waals surface area (Å²) in [5.74, 6) is -1.26. The number of nitrogens with zero attached hydrogens (tertiary/aromatic N) is 4. The van der Waals surface area contributed by atoms with E-state index in [-0.39, 0.29) is 17.5 Å². The van der Waals surface area contributed by atoms with Gasteiger partial charge in [-0.2, -0.15) is 4.98 Å². The maximum atomic E-state index is 10.7. The van der Waals surface area contributed by atoms with Gasteiger partial charge in [0.1, 0.15) is 7.11 Å². The van der Waals surface area contributed by atoms with Crippen LogP contribution in [0.25, 0.3) is 0 Å². The highest BCUT2D eigenvalue weighted by Crippen LogP contribution is 2.00. The zero-order valence-electron chi connectivity index (χ0n) is 7.63. The lowest BCUT2D eigenvalue weighted by Gasteiger charge is -1.93. The van der Waals surface area contributed by atoms with Gasteiger partial charge in [-0.3, -0.25) is 0 Å². The van der Waals surface area contributed by atoms with Crippen molar-refractivity contribution in [3.8, 4) is 0 Å². The van der Waals surface area contributed by atoms with E-state index in [4.69, 9.17) is 10.8 Å². The van der Waals surface area contributed by atoms with Crippen LogP contribution in [0, 0.1) is 0 Å². The Labute approximate surface area is 79.0 Å². The molecule has 76 valence electrons. The minimum atomic E-state index is -1.28. The van der Waals surface area contributed by atoms with E-state index in [1.54, 1.807) is 0 Å². The van der Waals surface area contributed by atoms with E-state index < -0.39 is 5.97 Å². The van der Waals surface area contributed by atoms with Crippen LogP contribution in [-0.4, -0.2) is 38.7 Å². The highest BCUT2D eigenvalue weighted by molar-refractivity contribution is 6.41. The van der Waals surface area contributed by atoms with E-state index in [2.05, 4.69) is 20.1 Å². The quantitative estimate of drug-likeness (QED) is 0.468. The van der Waals surface area contributed by atoms with E-state index >= 15 is 0 Å². The van der Waals surface area contributed by atoms with Crippen molar-refractivity contribution < 1.29 is 14.7 Å². The van der Waals surface area contributed by atoms with Gasteiger partial charge in [0.2, 0.25) is 17.5 Å². The highest BCUT2D eigenvalue weighted by atomic mass is 16.6. The standard InChI is InChI=1S/C6H9N5O3/c1-11-6(7)8-4(9-11)3(5(12)13)10-14-2/h1-2H3,(H,12,13)(H2,7,8,9)/b10-3-. The molecule has 3 N–H and O–H groups in total. The van der Waals surface area contributed by atoms with Crippen molar-refractivity contribution in [3.05, 3.63) is 5.82 Å². The first-order valence-electron chi connectivity index (χ1n) is 3.57. The number of carboxylic acids is 1. The number of aliphatic carboxylic acids is 1. The zero-order valence-corrected chi connectivity index (χ0v) is 7.63. The smallest absolute Gasteiger partial charge is 0.362 e. The molecular weight excluding hydrogens is 190 g/mol. The third kappa shape index (κ3) is 1.79. The fourth-order valence-corrected chi connectivity index (χ4v) is 0.764. The molecule has 0 spiro atoms. The number of aryl methyl sites for hydroxylation is 1. The van der Waals surface area contributed by atoms with Gasteiger partial charge in [0, 0.05) is 7.05 Å². The topological polar surface area (TPSA) is 116 Å². The first kappa shape index (κ1) is 9.96. The Balaban J connectivity index is 3.12. The Kier molecular flexibility index (Phi) is 2.65. The van der Waals surface area contributed by atoms with Crippen LogP contribution in [0.15, 0.2) is 5.16 Å². The van der Waals surface area contributed by atoms with Crippen molar-refractivity contribution in [2.24, 2.45) is 12.2 Å². The van der Waals surface area contributed by atoms with Gasteiger partial charge in [0.15, 0.2) is 0 Å². The van der Waals surface area contributed by atoms with E-state index in [0.29, 0.717) is 0 Å². The summed E-state index contributed by atoms with van der Waals surface area (Å²) in [6.07, 6.45) is 0. The number of anilines is 1. The zero-order chi connectivity index (χ0) is 10.7. The molecule has 0 radical (unpaired) electrons. The van der Waals surface area contributed by atoms with Crippen LogP contribution >= 0.6 is 0 Å². The van der Waals surface area contributed by atoms with Gasteiger partial charge in [-0.1, -0.05) is 5.16 Å². The van der Waals surface area contributed by atoms with Crippen molar-refractivity contribution in [2.45, 2.75) is 0 Å². The molecule has 0 aliphatic heterocycles. The van der Waals surface area contributed by atoms with Gasteiger partial charge in [0.05, 0.1) is 0 Å². The number of nitrogen functional groups attached to an aromatic ring is 1. The Morgan fingerprint density at radius 2 is 2.36 bits per heavy atom. The lowest BCUT2D eigenvalue weighted by Crippen LogP contribution is -2.17. The van der Waals surface area contributed by atoms with Crippen LogP contribution in [0.4, 0.5) is 5.95 Å². The minimum absolute atomic E-state index is 0.0839. The molecule has 0 bridgehead atoms. The molecular formula is C6H9N5O3. The molecule has 0 aliphatic rings. The molecule has 1 aromatic rings. The lowest BCUT2D eigenvalue weighted by molar-refractivity contribution is -0.129. The van der Waals surface area contributed by atoms with Gasteiger partial charge in [-0.25, -0.2) is 9.48 Å². The summed E-state index contributed by atoms with van der Waals surface area (Å²) in [6, 6.07) is 0.